The van der Waals surface area contributed by atoms with Crippen molar-refractivity contribution >= 4 is 6.29 Å². The summed E-state index contributed by atoms with van der Waals surface area (Å²) in [6.07, 6.45) is 15.9. The Kier molecular flexibility index (Phi) is 10.4. The van der Waals surface area contributed by atoms with Crippen LogP contribution in [0.3, 0.4) is 0 Å². The van der Waals surface area contributed by atoms with E-state index in [0.717, 1.165) is 32.0 Å². The molecule has 0 aromatic heterocycles. The van der Waals surface area contributed by atoms with E-state index in [1.165, 1.54) is 12.8 Å². The largest absolute Gasteiger partial charge is 0.303 e. The first-order valence-corrected chi connectivity index (χ1v) is 5.17. The van der Waals surface area contributed by atoms with Gasteiger partial charge in [-0.1, -0.05) is 37.6 Å². The van der Waals surface area contributed by atoms with Crippen molar-refractivity contribution in [2.45, 2.75) is 45.4 Å². The summed E-state index contributed by atoms with van der Waals surface area (Å²) in [6.45, 7) is 2.13. The van der Waals surface area contributed by atoms with Crippen molar-refractivity contribution in [1.82, 2.24) is 0 Å². The van der Waals surface area contributed by atoms with Crippen LogP contribution in [0, 0.1) is 0 Å². The number of unbranched alkanes of at least 4 members (excludes halogenated alkanes) is 4. The van der Waals surface area contributed by atoms with Crippen molar-refractivity contribution in [2.24, 2.45) is 0 Å². The summed E-state index contributed by atoms with van der Waals surface area (Å²) in [7, 11) is 0. The van der Waals surface area contributed by atoms with Gasteiger partial charge < -0.3 is 4.79 Å². The molecule has 74 valence electrons. The highest BCUT2D eigenvalue weighted by molar-refractivity contribution is 5.48. The van der Waals surface area contributed by atoms with E-state index in [1.807, 2.05) is 0 Å². The fraction of sp³-hybridized carbons (Fsp3) is 0.583. The molecule has 1 heteroatoms. The summed E-state index contributed by atoms with van der Waals surface area (Å²) in [6, 6.07) is 0. The minimum Gasteiger partial charge on any atom is -0.303 e. The van der Waals surface area contributed by atoms with Crippen molar-refractivity contribution in [2.75, 3.05) is 0 Å². The molecule has 0 saturated carbocycles. The van der Waals surface area contributed by atoms with Gasteiger partial charge >= 0.3 is 0 Å². The first kappa shape index (κ1) is 12.2. The van der Waals surface area contributed by atoms with Crippen molar-refractivity contribution in [1.29, 1.82) is 0 Å². The highest BCUT2D eigenvalue weighted by atomic mass is 16.1. The van der Waals surface area contributed by atoms with Gasteiger partial charge in [-0.05, 0) is 25.7 Å². The quantitative estimate of drug-likeness (QED) is 0.316. The number of carbonyl (C=O) groups excluding carboxylic acids is 1. The Bertz CT molecular complexity index is 157. The summed E-state index contributed by atoms with van der Waals surface area (Å²) >= 11 is 0. The molecule has 0 rings (SSSR count). The van der Waals surface area contributed by atoms with Crippen molar-refractivity contribution in [3.8, 4) is 0 Å². The van der Waals surface area contributed by atoms with E-state index in [1.54, 1.807) is 0 Å². The van der Waals surface area contributed by atoms with Crippen LogP contribution >= 0.6 is 0 Å². The maximum absolute atomic E-state index is 9.99. The lowest BCUT2D eigenvalue weighted by Gasteiger charge is -1.92. The van der Waals surface area contributed by atoms with Gasteiger partial charge in [0.2, 0.25) is 0 Å². The van der Waals surface area contributed by atoms with E-state index in [2.05, 4.69) is 31.2 Å². The third-order valence-electron chi connectivity index (χ3n) is 1.81. The van der Waals surface area contributed by atoms with Gasteiger partial charge in [0, 0.05) is 6.42 Å². The number of aldehydes is 1. The van der Waals surface area contributed by atoms with Crippen LogP contribution in [0.2, 0.25) is 0 Å². The number of allylic oxidation sites excluding steroid dienone is 4. The van der Waals surface area contributed by atoms with Crippen molar-refractivity contribution in [3.63, 3.8) is 0 Å². The first-order valence-electron chi connectivity index (χ1n) is 5.17. The molecule has 0 radical (unpaired) electrons. The van der Waals surface area contributed by atoms with Crippen LogP contribution < -0.4 is 0 Å². The molecule has 0 fully saturated rings. The van der Waals surface area contributed by atoms with Gasteiger partial charge in [0.05, 0.1) is 0 Å². The van der Waals surface area contributed by atoms with E-state index in [-0.39, 0.29) is 0 Å². The Labute approximate surface area is 81.5 Å². The Hall–Kier alpha value is -0.850. The van der Waals surface area contributed by atoms with Crippen LogP contribution in [0.5, 0.6) is 0 Å². The third-order valence-corrected chi connectivity index (χ3v) is 1.81. The van der Waals surface area contributed by atoms with Crippen LogP contribution in [0.25, 0.3) is 0 Å². The first-order chi connectivity index (χ1) is 6.41. The van der Waals surface area contributed by atoms with E-state index in [4.69, 9.17) is 0 Å². The monoisotopic (exact) mass is 180 g/mol. The van der Waals surface area contributed by atoms with Crippen LogP contribution in [0.1, 0.15) is 45.4 Å². The van der Waals surface area contributed by atoms with E-state index in [9.17, 15) is 4.79 Å². The number of hydrogen-bond acceptors (Lipinski definition) is 1. The molecule has 1 nitrogen and oxygen atoms in total. The van der Waals surface area contributed by atoms with Gasteiger partial charge in [0.1, 0.15) is 6.29 Å². The van der Waals surface area contributed by atoms with E-state index >= 15 is 0 Å². The molecule has 0 amide bonds. The lowest BCUT2D eigenvalue weighted by atomic mass is 10.1. The summed E-state index contributed by atoms with van der Waals surface area (Å²) < 4.78 is 0. The van der Waals surface area contributed by atoms with Crippen LogP contribution in [-0.4, -0.2) is 6.29 Å². The highest BCUT2D eigenvalue weighted by Gasteiger charge is 1.85. The standard InChI is InChI=1S/C12H20O/c1-2-3-4-5-6-7-8-9-10-11-12-13/h3-6,12H,2,7-11H2,1H3/b4-3-,6-5-. The summed E-state index contributed by atoms with van der Waals surface area (Å²) in [5, 5.41) is 0. The summed E-state index contributed by atoms with van der Waals surface area (Å²) in [5.41, 5.74) is 0. The van der Waals surface area contributed by atoms with Gasteiger partial charge in [-0.3, -0.25) is 0 Å². The summed E-state index contributed by atoms with van der Waals surface area (Å²) in [5.74, 6) is 0. The molecule has 0 aromatic rings. The SMILES string of the molecule is CC/C=C\C=C/CCCCCC=O. The molecule has 0 aliphatic carbocycles. The lowest BCUT2D eigenvalue weighted by Crippen LogP contribution is -1.77. The molecule has 0 heterocycles. The fourth-order valence-corrected chi connectivity index (χ4v) is 1.06. The normalized spacial score (nSPS) is 11.5. The Morgan fingerprint density at radius 3 is 2.31 bits per heavy atom. The zero-order valence-corrected chi connectivity index (χ0v) is 8.54. The van der Waals surface area contributed by atoms with E-state index in [0.29, 0.717) is 0 Å². The average molecular weight is 180 g/mol. The van der Waals surface area contributed by atoms with E-state index < -0.39 is 0 Å². The zero-order chi connectivity index (χ0) is 9.78. The molecule has 0 N–H and O–H groups in total. The van der Waals surface area contributed by atoms with Crippen molar-refractivity contribution in [3.05, 3.63) is 24.3 Å². The maximum atomic E-state index is 9.99. The number of carbonyl (C=O) groups is 1. The molecule has 13 heavy (non-hydrogen) atoms. The third kappa shape index (κ3) is 11.1. The van der Waals surface area contributed by atoms with Crippen LogP contribution in [0.15, 0.2) is 24.3 Å². The minimum absolute atomic E-state index is 0.722. The van der Waals surface area contributed by atoms with Gasteiger partial charge in [0.15, 0.2) is 0 Å². The Balaban J connectivity index is 3.10. The predicted molar refractivity (Wildman–Crippen MR) is 57.7 cm³/mol. The highest BCUT2D eigenvalue weighted by Crippen LogP contribution is 2.02. The van der Waals surface area contributed by atoms with Gasteiger partial charge in [-0.2, -0.15) is 0 Å². The fourth-order valence-electron chi connectivity index (χ4n) is 1.06. The zero-order valence-electron chi connectivity index (χ0n) is 8.54. The minimum atomic E-state index is 0.722. The number of hydrogen-bond donors (Lipinski definition) is 0. The molecular weight excluding hydrogens is 160 g/mol. The predicted octanol–water partition coefficient (Wildman–Crippen LogP) is 3.66. The number of rotatable bonds is 8. The van der Waals surface area contributed by atoms with Crippen LogP contribution in [-0.2, 0) is 4.79 Å². The molecule has 0 unspecified atom stereocenters. The topological polar surface area (TPSA) is 17.1 Å². The second-order valence-corrected chi connectivity index (χ2v) is 3.07. The molecule has 0 aliphatic heterocycles. The molecule has 0 spiro atoms. The molecule has 0 bridgehead atoms. The molecule has 0 aliphatic rings. The van der Waals surface area contributed by atoms with Gasteiger partial charge in [-0.15, -0.1) is 0 Å². The maximum Gasteiger partial charge on any atom is 0.119 e. The van der Waals surface area contributed by atoms with Crippen LogP contribution in [0.4, 0.5) is 0 Å². The summed E-state index contributed by atoms with van der Waals surface area (Å²) in [4.78, 5) is 9.99. The second kappa shape index (κ2) is 11.2. The Morgan fingerprint density at radius 1 is 0.923 bits per heavy atom. The average Bonchev–Trinajstić information content (AvgIpc) is 2.16. The second-order valence-electron chi connectivity index (χ2n) is 3.07. The lowest BCUT2D eigenvalue weighted by molar-refractivity contribution is -0.107. The van der Waals surface area contributed by atoms with Gasteiger partial charge in [0.25, 0.3) is 0 Å². The smallest absolute Gasteiger partial charge is 0.119 e. The molecule has 0 saturated heterocycles. The van der Waals surface area contributed by atoms with Crippen molar-refractivity contribution < 1.29 is 4.79 Å². The molecule has 0 aromatic carbocycles. The Morgan fingerprint density at radius 2 is 1.62 bits per heavy atom. The molecule has 0 atom stereocenters. The molecular formula is C12H20O. The van der Waals surface area contributed by atoms with Gasteiger partial charge in [-0.25, -0.2) is 0 Å².